The number of hydrogen-bond donors (Lipinski definition) is 1. The number of pyridine rings is 1. The summed E-state index contributed by atoms with van der Waals surface area (Å²) in [6, 6.07) is 9.30. The number of carbonyl (C=O) groups excluding carboxylic acids is 1. The molecule has 6 nitrogen and oxygen atoms in total. The molecule has 1 aliphatic carbocycles. The topological polar surface area (TPSA) is 63.7 Å². The van der Waals surface area contributed by atoms with Crippen molar-refractivity contribution in [3.05, 3.63) is 42.2 Å². The van der Waals surface area contributed by atoms with Crippen molar-refractivity contribution in [1.82, 2.24) is 4.98 Å². The van der Waals surface area contributed by atoms with E-state index in [-0.39, 0.29) is 12.0 Å². The van der Waals surface area contributed by atoms with Gasteiger partial charge in [0, 0.05) is 20.2 Å². The van der Waals surface area contributed by atoms with E-state index in [4.69, 9.17) is 9.47 Å². The molecule has 1 N–H and O–H groups in total. The third-order valence-corrected chi connectivity index (χ3v) is 4.51. The van der Waals surface area contributed by atoms with Gasteiger partial charge in [-0.25, -0.2) is 4.98 Å². The molecule has 0 bridgehead atoms. The van der Waals surface area contributed by atoms with Crippen LogP contribution in [0.5, 0.6) is 11.5 Å². The molecule has 1 aromatic carbocycles. The van der Waals surface area contributed by atoms with Crippen LogP contribution in [0.2, 0.25) is 0 Å². The number of hydrogen-bond acceptors (Lipinski definition) is 5. The number of para-hydroxylation sites is 2. The highest BCUT2D eigenvalue weighted by atomic mass is 16.5. The lowest BCUT2D eigenvalue weighted by atomic mass is 10.2. The summed E-state index contributed by atoms with van der Waals surface area (Å²) < 4.78 is 11.4. The molecule has 2 aromatic rings. The number of anilines is 2. The predicted octanol–water partition coefficient (Wildman–Crippen LogP) is 3.73. The average molecular weight is 355 g/mol. The fraction of sp³-hybridized carbons (Fsp3) is 0.400. The molecule has 138 valence electrons. The molecule has 6 heteroatoms. The quantitative estimate of drug-likeness (QED) is 0.855. The van der Waals surface area contributed by atoms with Gasteiger partial charge in [0.05, 0.1) is 30.8 Å². The van der Waals surface area contributed by atoms with Crippen molar-refractivity contribution in [2.75, 3.05) is 31.4 Å². The van der Waals surface area contributed by atoms with E-state index in [1.165, 1.54) is 19.0 Å². The van der Waals surface area contributed by atoms with Crippen molar-refractivity contribution < 1.29 is 14.3 Å². The van der Waals surface area contributed by atoms with Crippen molar-refractivity contribution in [1.29, 1.82) is 0 Å². The van der Waals surface area contributed by atoms with Gasteiger partial charge in [-0.2, -0.15) is 0 Å². The van der Waals surface area contributed by atoms with Crippen LogP contribution in [-0.4, -0.2) is 38.2 Å². The Balaban J connectivity index is 1.81. The van der Waals surface area contributed by atoms with Gasteiger partial charge in [0.2, 0.25) is 0 Å². The highest BCUT2D eigenvalue weighted by Gasteiger charge is 2.20. The summed E-state index contributed by atoms with van der Waals surface area (Å²) in [4.78, 5) is 18.9. The van der Waals surface area contributed by atoms with E-state index in [1.54, 1.807) is 13.2 Å². The standard InChI is InChI=1S/C20H25N3O3/c1-23(2)17-11-7-6-10-15(17)22-20(24)16-12-18(19(25-3)13-21-16)26-14-8-4-5-9-14/h6-7,10-14H,4-5,8-9H2,1-3H3,(H,22,24). The van der Waals surface area contributed by atoms with E-state index in [2.05, 4.69) is 10.3 Å². The lowest BCUT2D eigenvalue weighted by Gasteiger charge is -2.18. The minimum atomic E-state index is -0.279. The fourth-order valence-corrected chi connectivity index (χ4v) is 3.14. The number of amides is 1. The van der Waals surface area contributed by atoms with Crippen LogP contribution >= 0.6 is 0 Å². The number of rotatable bonds is 6. The predicted molar refractivity (Wildman–Crippen MR) is 102 cm³/mol. The summed E-state index contributed by atoms with van der Waals surface area (Å²) in [6.45, 7) is 0. The molecular formula is C20H25N3O3. The first kappa shape index (κ1) is 18.0. The molecule has 0 aliphatic heterocycles. The second kappa shape index (κ2) is 8.08. The lowest BCUT2D eigenvalue weighted by Crippen LogP contribution is -2.18. The molecule has 0 atom stereocenters. The van der Waals surface area contributed by atoms with Crippen LogP contribution in [0.25, 0.3) is 0 Å². The van der Waals surface area contributed by atoms with Crippen LogP contribution in [0.3, 0.4) is 0 Å². The van der Waals surface area contributed by atoms with Crippen LogP contribution in [0.15, 0.2) is 36.5 Å². The van der Waals surface area contributed by atoms with Crippen molar-refractivity contribution in [2.45, 2.75) is 31.8 Å². The van der Waals surface area contributed by atoms with Crippen LogP contribution in [0.1, 0.15) is 36.2 Å². The first-order chi connectivity index (χ1) is 12.6. The highest BCUT2D eigenvalue weighted by molar-refractivity contribution is 6.05. The summed E-state index contributed by atoms with van der Waals surface area (Å²) in [5.41, 5.74) is 1.96. The minimum Gasteiger partial charge on any atom is -0.491 e. The van der Waals surface area contributed by atoms with Crippen LogP contribution in [0, 0.1) is 0 Å². The molecule has 0 saturated heterocycles. The summed E-state index contributed by atoms with van der Waals surface area (Å²) in [5, 5.41) is 2.93. The molecule has 1 saturated carbocycles. The van der Waals surface area contributed by atoms with Gasteiger partial charge >= 0.3 is 0 Å². The number of benzene rings is 1. The van der Waals surface area contributed by atoms with E-state index in [9.17, 15) is 4.79 Å². The molecule has 1 fully saturated rings. The van der Waals surface area contributed by atoms with E-state index in [1.807, 2.05) is 43.3 Å². The third-order valence-electron chi connectivity index (χ3n) is 4.51. The van der Waals surface area contributed by atoms with Crippen molar-refractivity contribution in [3.63, 3.8) is 0 Å². The molecule has 1 heterocycles. The molecule has 3 rings (SSSR count). The maximum absolute atomic E-state index is 12.7. The average Bonchev–Trinajstić information content (AvgIpc) is 3.15. The Morgan fingerprint density at radius 3 is 2.62 bits per heavy atom. The number of methoxy groups -OCH3 is 1. The van der Waals surface area contributed by atoms with Gasteiger partial charge in [0.15, 0.2) is 11.5 Å². The van der Waals surface area contributed by atoms with Gasteiger partial charge < -0.3 is 19.7 Å². The Labute approximate surface area is 154 Å². The molecule has 0 radical (unpaired) electrons. The maximum Gasteiger partial charge on any atom is 0.274 e. The zero-order chi connectivity index (χ0) is 18.5. The van der Waals surface area contributed by atoms with Crippen molar-refractivity contribution in [2.24, 2.45) is 0 Å². The normalized spacial score (nSPS) is 14.1. The largest absolute Gasteiger partial charge is 0.491 e. The molecule has 26 heavy (non-hydrogen) atoms. The molecule has 1 amide bonds. The van der Waals surface area contributed by atoms with Gasteiger partial charge in [-0.05, 0) is 37.8 Å². The summed E-state index contributed by atoms with van der Waals surface area (Å²) >= 11 is 0. The van der Waals surface area contributed by atoms with Gasteiger partial charge in [-0.3, -0.25) is 4.79 Å². The van der Waals surface area contributed by atoms with E-state index in [0.29, 0.717) is 17.2 Å². The number of aromatic nitrogens is 1. The van der Waals surface area contributed by atoms with E-state index in [0.717, 1.165) is 24.2 Å². The lowest BCUT2D eigenvalue weighted by molar-refractivity contribution is 0.102. The zero-order valence-electron chi connectivity index (χ0n) is 15.5. The van der Waals surface area contributed by atoms with Gasteiger partial charge in [-0.1, -0.05) is 12.1 Å². The van der Waals surface area contributed by atoms with Crippen LogP contribution in [-0.2, 0) is 0 Å². The fourth-order valence-electron chi connectivity index (χ4n) is 3.14. The number of carbonyl (C=O) groups is 1. The first-order valence-electron chi connectivity index (χ1n) is 8.87. The molecule has 1 aliphatic rings. The summed E-state index contributed by atoms with van der Waals surface area (Å²) in [5.74, 6) is 0.834. The number of ether oxygens (including phenoxy) is 2. The van der Waals surface area contributed by atoms with E-state index < -0.39 is 0 Å². The number of nitrogens with one attached hydrogen (secondary N) is 1. The smallest absolute Gasteiger partial charge is 0.274 e. The summed E-state index contributed by atoms with van der Waals surface area (Å²) in [7, 11) is 5.44. The minimum absolute atomic E-state index is 0.177. The van der Waals surface area contributed by atoms with Crippen molar-refractivity contribution in [3.8, 4) is 11.5 Å². The highest BCUT2D eigenvalue weighted by Crippen LogP contribution is 2.32. The van der Waals surface area contributed by atoms with Gasteiger partial charge in [-0.15, -0.1) is 0 Å². The molecule has 0 unspecified atom stereocenters. The number of nitrogens with zero attached hydrogens (tertiary/aromatic N) is 2. The Hall–Kier alpha value is -2.76. The Bertz CT molecular complexity index is 771. The Kier molecular flexibility index (Phi) is 5.61. The van der Waals surface area contributed by atoms with Gasteiger partial charge in [0.1, 0.15) is 5.69 Å². The maximum atomic E-state index is 12.7. The summed E-state index contributed by atoms with van der Waals surface area (Å²) in [6.07, 6.45) is 6.12. The molecule has 1 aromatic heterocycles. The zero-order valence-corrected chi connectivity index (χ0v) is 15.5. The third kappa shape index (κ3) is 4.07. The molecule has 0 spiro atoms. The first-order valence-corrected chi connectivity index (χ1v) is 8.87. The van der Waals surface area contributed by atoms with Crippen LogP contribution < -0.4 is 19.7 Å². The Morgan fingerprint density at radius 1 is 1.19 bits per heavy atom. The SMILES string of the molecule is COc1cnc(C(=O)Nc2ccccc2N(C)C)cc1OC1CCCC1. The van der Waals surface area contributed by atoms with Gasteiger partial charge in [0.25, 0.3) is 5.91 Å². The van der Waals surface area contributed by atoms with Crippen molar-refractivity contribution >= 4 is 17.3 Å². The Morgan fingerprint density at radius 2 is 1.92 bits per heavy atom. The molecular weight excluding hydrogens is 330 g/mol. The van der Waals surface area contributed by atoms with Crippen LogP contribution in [0.4, 0.5) is 11.4 Å². The monoisotopic (exact) mass is 355 g/mol. The van der Waals surface area contributed by atoms with E-state index >= 15 is 0 Å². The second-order valence-corrected chi connectivity index (χ2v) is 6.61. The second-order valence-electron chi connectivity index (χ2n) is 6.61.